The molecule has 0 radical (unpaired) electrons. The van der Waals surface area contributed by atoms with E-state index in [1.165, 1.54) is 0 Å². The predicted octanol–water partition coefficient (Wildman–Crippen LogP) is 2.39. The van der Waals surface area contributed by atoms with Gasteiger partial charge in [0.2, 0.25) is 0 Å². The van der Waals surface area contributed by atoms with Crippen LogP contribution in [0.25, 0.3) is 0 Å². The summed E-state index contributed by atoms with van der Waals surface area (Å²) < 4.78 is 5.64. The van der Waals surface area contributed by atoms with Gasteiger partial charge in [0.25, 0.3) is 0 Å². The summed E-state index contributed by atoms with van der Waals surface area (Å²) in [7, 11) is 0. The second-order valence-corrected chi connectivity index (χ2v) is 4.08. The lowest BCUT2D eigenvalue weighted by Gasteiger charge is -2.26. The molecule has 84 valence electrons. The molecular weight excluding hydrogens is 202 g/mol. The number of benzene rings is 1. The summed E-state index contributed by atoms with van der Waals surface area (Å²) in [5.41, 5.74) is 1.81. The number of Topliss-reactive ketones (excluding diaryl/α,β-unsaturated/α-hetero) is 1. The highest BCUT2D eigenvalue weighted by Crippen LogP contribution is 2.28. The number of para-hydroxylation sites is 2. The summed E-state index contributed by atoms with van der Waals surface area (Å²) in [4.78, 5) is 11.8. The van der Waals surface area contributed by atoms with Crippen LogP contribution in [0.1, 0.15) is 13.3 Å². The monoisotopic (exact) mass is 217 g/mol. The van der Waals surface area contributed by atoms with E-state index in [0.29, 0.717) is 13.0 Å². The Balaban J connectivity index is 2.08. The number of ketones is 1. The molecule has 1 unspecified atom stereocenters. The van der Waals surface area contributed by atoms with Crippen LogP contribution < -0.4 is 10.1 Å². The van der Waals surface area contributed by atoms with E-state index in [9.17, 15) is 4.79 Å². The molecule has 0 aliphatic carbocycles. The molecule has 2 rings (SSSR count). The molecule has 1 atom stereocenters. The highest BCUT2D eigenvalue weighted by molar-refractivity contribution is 5.86. The lowest BCUT2D eigenvalue weighted by molar-refractivity contribution is -0.124. The van der Waals surface area contributed by atoms with Crippen LogP contribution in [0.15, 0.2) is 36.4 Å². The Morgan fingerprint density at radius 1 is 1.56 bits per heavy atom. The van der Waals surface area contributed by atoms with Gasteiger partial charge < -0.3 is 10.1 Å². The number of carbonyl (C=O) groups is 1. The third-order valence-corrected chi connectivity index (χ3v) is 2.47. The normalized spacial score (nSPS) is 17.9. The third-order valence-electron chi connectivity index (χ3n) is 2.47. The largest absolute Gasteiger partial charge is 0.479 e. The van der Waals surface area contributed by atoms with Gasteiger partial charge in [-0.05, 0) is 19.1 Å². The summed E-state index contributed by atoms with van der Waals surface area (Å²) in [5, 5.41) is 3.19. The van der Waals surface area contributed by atoms with Crippen molar-refractivity contribution >= 4 is 11.5 Å². The van der Waals surface area contributed by atoms with Gasteiger partial charge >= 0.3 is 0 Å². The fourth-order valence-corrected chi connectivity index (χ4v) is 1.70. The number of fused-ring (bicyclic) bond motifs is 1. The molecule has 0 spiro atoms. The van der Waals surface area contributed by atoms with Crippen LogP contribution in [0.2, 0.25) is 0 Å². The van der Waals surface area contributed by atoms with E-state index in [0.717, 1.165) is 17.0 Å². The summed E-state index contributed by atoms with van der Waals surface area (Å²) in [5.74, 6) is 0.823. The number of hydrogen-bond acceptors (Lipinski definition) is 3. The lowest BCUT2D eigenvalue weighted by atomic mass is 10.1. The van der Waals surface area contributed by atoms with Gasteiger partial charge in [-0.25, -0.2) is 0 Å². The first-order chi connectivity index (χ1) is 7.66. The van der Waals surface area contributed by atoms with Crippen LogP contribution >= 0.6 is 0 Å². The Morgan fingerprint density at radius 3 is 3.06 bits per heavy atom. The predicted molar refractivity (Wildman–Crippen MR) is 63.8 cm³/mol. The topological polar surface area (TPSA) is 38.3 Å². The third kappa shape index (κ3) is 2.24. The Labute approximate surface area is 95.1 Å². The average Bonchev–Trinajstić information content (AvgIpc) is 2.27. The number of rotatable bonds is 3. The second-order valence-electron chi connectivity index (χ2n) is 4.08. The van der Waals surface area contributed by atoms with Gasteiger partial charge in [0.05, 0.1) is 12.2 Å². The van der Waals surface area contributed by atoms with Crippen molar-refractivity contribution in [2.24, 2.45) is 0 Å². The maximum absolute atomic E-state index is 11.8. The molecule has 1 heterocycles. The molecule has 1 aliphatic heterocycles. The minimum Gasteiger partial charge on any atom is -0.479 e. The Hall–Kier alpha value is -1.77. The minimum atomic E-state index is -0.397. The van der Waals surface area contributed by atoms with E-state index in [-0.39, 0.29) is 5.78 Å². The summed E-state index contributed by atoms with van der Waals surface area (Å²) in [6.07, 6.45) is -0.0132. The maximum atomic E-state index is 11.8. The lowest BCUT2D eigenvalue weighted by Crippen LogP contribution is -2.37. The van der Waals surface area contributed by atoms with Crippen molar-refractivity contribution in [3.63, 3.8) is 0 Å². The molecule has 1 aromatic rings. The summed E-state index contributed by atoms with van der Waals surface area (Å²) in [6, 6.07) is 7.63. The molecular formula is C13H15NO2. The van der Waals surface area contributed by atoms with Crippen LogP contribution in [-0.2, 0) is 4.79 Å². The van der Waals surface area contributed by atoms with Crippen LogP contribution in [0, 0.1) is 0 Å². The van der Waals surface area contributed by atoms with Crippen LogP contribution in [0.4, 0.5) is 5.69 Å². The highest BCUT2D eigenvalue weighted by Gasteiger charge is 2.24. The van der Waals surface area contributed by atoms with E-state index >= 15 is 0 Å². The molecule has 0 saturated carbocycles. The number of anilines is 1. The maximum Gasteiger partial charge on any atom is 0.179 e. The molecule has 1 N–H and O–H groups in total. The molecule has 3 nitrogen and oxygen atoms in total. The van der Waals surface area contributed by atoms with E-state index in [4.69, 9.17) is 4.74 Å². The summed E-state index contributed by atoms with van der Waals surface area (Å²) >= 11 is 0. The van der Waals surface area contributed by atoms with Crippen molar-refractivity contribution in [2.75, 3.05) is 11.9 Å². The molecule has 3 heteroatoms. The first-order valence-electron chi connectivity index (χ1n) is 5.33. The van der Waals surface area contributed by atoms with E-state index < -0.39 is 6.10 Å². The number of nitrogens with one attached hydrogen (secondary N) is 1. The second kappa shape index (κ2) is 4.39. The van der Waals surface area contributed by atoms with Gasteiger partial charge in [0.15, 0.2) is 11.9 Å². The molecule has 1 aliphatic rings. The van der Waals surface area contributed by atoms with E-state index in [2.05, 4.69) is 11.9 Å². The van der Waals surface area contributed by atoms with Crippen molar-refractivity contribution in [3.05, 3.63) is 36.4 Å². The number of hydrogen-bond donors (Lipinski definition) is 1. The quantitative estimate of drug-likeness (QED) is 0.790. The molecule has 0 amide bonds. The zero-order valence-corrected chi connectivity index (χ0v) is 9.32. The minimum absolute atomic E-state index is 0.0782. The molecule has 0 saturated heterocycles. The van der Waals surface area contributed by atoms with Crippen LogP contribution in [-0.4, -0.2) is 18.4 Å². The molecule has 0 bridgehead atoms. The fourth-order valence-electron chi connectivity index (χ4n) is 1.70. The van der Waals surface area contributed by atoms with Gasteiger partial charge in [-0.2, -0.15) is 0 Å². The standard InChI is InChI=1S/C13H15NO2/c1-9(2)7-11(15)13-8-14-10-5-3-4-6-12(10)16-13/h3-6,13-14H,1,7-8H2,2H3. The van der Waals surface area contributed by atoms with Gasteiger partial charge in [-0.3, -0.25) is 4.79 Å². The van der Waals surface area contributed by atoms with Crippen molar-refractivity contribution in [1.82, 2.24) is 0 Å². The Morgan fingerprint density at radius 2 is 2.31 bits per heavy atom. The first-order valence-corrected chi connectivity index (χ1v) is 5.33. The van der Waals surface area contributed by atoms with Crippen molar-refractivity contribution in [3.8, 4) is 5.75 Å². The van der Waals surface area contributed by atoms with E-state index in [1.54, 1.807) is 0 Å². The smallest absolute Gasteiger partial charge is 0.179 e. The van der Waals surface area contributed by atoms with Gasteiger partial charge in [-0.15, -0.1) is 0 Å². The molecule has 1 aromatic carbocycles. The number of allylic oxidation sites excluding steroid dienone is 1. The number of ether oxygens (including phenoxy) is 1. The van der Waals surface area contributed by atoms with Crippen molar-refractivity contribution in [1.29, 1.82) is 0 Å². The van der Waals surface area contributed by atoms with E-state index in [1.807, 2.05) is 31.2 Å². The summed E-state index contributed by atoms with van der Waals surface area (Å²) in [6.45, 7) is 6.12. The number of carbonyl (C=O) groups excluding carboxylic acids is 1. The zero-order chi connectivity index (χ0) is 11.5. The Kier molecular flexibility index (Phi) is 2.95. The van der Waals surface area contributed by atoms with Gasteiger partial charge in [0, 0.05) is 6.42 Å². The first kappa shape index (κ1) is 10.7. The highest BCUT2D eigenvalue weighted by atomic mass is 16.5. The average molecular weight is 217 g/mol. The zero-order valence-electron chi connectivity index (χ0n) is 9.32. The Bertz CT molecular complexity index is 426. The molecule has 0 aromatic heterocycles. The molecule has 16 heavy (non-hydrogen) atoms. The van der Waals surface area contributed by atoms with Crippen LogP contribution in [0.3, 0.4) is 0 Å². The van der Waals surface area contributed by atoms with Crippen molar-refractivity contribution in [2.45, 2.75) is 19.4 Å². The van der Waals surface area contributed by atoms with Gasteiger partial charge in [0.1, 0.15) is 5.75 Å². The van der Waals surface area contributed by atoms with Crippen molar-refractivity contribution < 1.29 is 9.53 Å². The van der Waals surface area contributed by atoms with Crippen LogP contribution in [0.5, 0.6) is 5.75 Å². The SMILES string of the molecule is C=C(C)CC(=O)C1CNc2ccccc2O1. The molecule has 0 fully saturated rings. The fraction of sp³-hybridized carbons (Fsp3) is 0.308. The van der Waals surface area contributed by atoms with Gasteiger partial charge in [-0.1, -0.05) is 24.3 Å².